The third kappa shape index (κ3) is 3.79. The SMILES string of the molecule is CC(NC(=O)Cn1cc(CN)nn1)c1ccc(Cl)cc1. The molecule has 2 rings (SSSR count). The van der Waals surface area contributed by atoms with Gasteiger partial charge in [0.1, 0.15) is 6.54 Å². The molecule has 0 radical (unpaired) electrons. The second kappa shape index (κ2) is 6.49. The third-order valence-corrected chi connectivity index (χ3v) is 3.10. The lowest BCUT2D eigenvalue weighted by Gasteiger charge is -2.14. The quantitative estimate of drug-likeness (QED) is 0.869. The fourth-order valence-corrected chi connectivity index (χ4v) is 1.90. The van der Waals surface area contributed by atoms with E-state index in [1.165, 1.54) is 4.68 Å². The van der Waals surface area contributed by atoms with Crippen molar-refractivity contribution in [1.29, 1.82) is 0 Å². The number of halogens is 1. The molecule has 1 heterocycles. The predicted octanol–water partition coefficient (Wildman–Crippen LogP) is 1.27. The first-order chi connectivity index (χ1) is 9.58. The Balaban J connectivity index is 1.92. The van der Waals surface area contributed by atoms with E-state index in [0.717, 1.165) is 5.56 Å². The van der Waals surface area contributed by atoms with Crippen LogP contribution < -0.4 is 11.1 Å². The summed E-state index contributed by atoms with van der Waals surface area (Å²) in [5.74, 6) is -0.138. The van der Waals surface area contributed by atoms with Crippen LogP contribution in [0.4, 0.5) is 0 Å². The molecule has 1 aromatic carbocycles. The Hall–Kier alpha value is -1.92. The molecule has 7 heteroatoms. The van der Waals surface area contributed by atoms with E-state index < -0.39 is 0 Å². The summed E-state index contributed by atoms with van der Waals surface area (Å²) in [6.07, 6.45) is 1.66. The van der Waals surface area contributed by atoms with Crippen molar-refractivity contribution < 1.29 is 4.79 Å². The third-order valence-electron chi connectivity index (χ3n) is 2.85. The van der Waals surface area contributed by atoms with Crippen molar-refractivity contribution in [2.45, 2.75) is 26.1 Å². The number of hydrogen-bond acceptors (Lipinski definition) is 4. The van der Waals surface area contributed by atoms with Gasteiger partial charge in [-0.15, -0.1) is 5.10 Å². The van der Waals surface area contributed by atoms with E-state index in [1.54, 1.807) is 18.3 Å². The van der Waals surface area contributed by atoms with E-state index in [0.29, 0.717) is 17.3 Å². The van der Waals surface area contributed by atoms with Crippen LogP contribution in [0, 0.1) is 0 Å². The van der Waals surface area contributed by atoms with Gasteiger partial charge in [-0.25, -0.2) is 4.68 Å². The highest BCUT2D eigenvalue weighted by atomic mass is 35.5. The Kier molecular flexibility index (Phi) is 4.70. The average Bonchev–Trinajstić information content (AvgIpc) is 2.86. The maximum atomic E-state index is 11.9. The Morgan fingerprint density at radius 3 is 2.75 bits per heavy atom. The minimum atomic E-state index is -0.138. The lowest BCUT2D eigenvalue weighted by atomic mass is 10.1. The van der Waals surface area contributed by atoms with Gasteiger partial charge in [0.2, 0.25) is 5.91 Å². The van der Waals surface area contributed by atoms with Gasteiger partial charge >= 0.3 is 0 Å². The molecule has 20 heavy (non-hydrogen) atoms. The second-order valence-corrected chi connectivity index (χ2v) is 4.89. The summed E-state index contributed by atoms with van der Waals surface area (Å²) in [7, 11) is 0. The summed E-state index contributed by atoms with van der Waals surface area (Å²) in [4.78, 5) is 11.9. The number of aromatic nitrogens is 3. The molecule has 0 aliphatic rings. The number of amides is 1. The summed E-state index contributed by atoms with van der Waals surface area (Å²) in [5, 5.41) is 11.2. The van der Waals surface area contributed by atoms with Crippen LogP contribution in [0.15, 0.2) is 30.5 Å². The summed E-state index contributed by atoms with van der Waals surface area (Å²) >= 11 is 5.83. The van der Waals surface area contributed by atoms with Crippen molar-refractivity contribution >= 4 is 17.5 Å². The molecule has 0 saturated heterocycles. The van der Waals surface area contributed by atoms with Gasteiger partial charge in [-0.3, -0.25) is 4.79 Å². The van der Waals surface area contributed by atoms with Gasteiger partial charge in [-0.2, -0.15) is 0 Å². The molecule has 0 aliphatic heterocycles. The van der Waals surface area contributed by atoms with E-state index in [-0.39, 0.29) is 18.5 Å². The van der Waals surface area contributed by atoms with Gasteiger partial charge < -0.3 is 11.1 Å². The lowest BCUT2D eigenvalue weighted by molar-refractivity contribution is -0.122. The summed E-state index contributed by atoms with van der Waals surface area (Å²) in [5.41, 5.74) is 7.08. The highest BCUT2D eigenvalue weighted by Gasteiger charge is 2.11. The smallest absolute Gasteiger partial charge is 0.242 e. The molecular formula is C13H16ClN5O. The van der Waals surface area contributed by atoms with Crippen molar-refractivity contribution in [1.82, 2.24) is 20.3 Å². The minimum Gasteiger partial charge on any atom is -0.348 e. The molecular weight excluding hydrogens is 278 g/mol. The van der Waals surface area contributed by atoms with Crippen molar-refractivity contribution in [3.05, 3.63) is 46.7 Å². The van der Waals surface area contributed by atoms with Crippen LogP contribution in [0.1, 0.15) is 24.2 Å². The zero-order valence-corrected chi connectivity index (χ0v) is 11.8. The van der Waals surface area contributed by atoms with Crippen molar-refractivity contribution in [3.8, 4) is 0 Å². The minimum absolute atomic E-state index is 0.0998. The summed E-state index contributed by atoms with van der Waals surface area (Å²) in [6.45, 7) is 2.33. The van der Waals surface area contributed by atoms with E-state index in [9.17, 15) is 4.79 Å². The first kappa shape index (κ1) is 14.5. The summed E-state index contributed by atoms with van der Waals surface area (Å²) in [6, 6.07) is 7.26. The highest BCUT2D eigenvalue weighted by molar-refractivity contribution is 6.30. The molecule has 6 nitrogen and oxygen atoms in total. The molecule has 0 bridgehead atoms. The number of nitrogens with zero attached hydrogens (tertiary/aromatic N) is 3. The van der Waals surface area contributed by atoms with Crippen LogP contribution >= 0.6 is 11.6 Å². The molecule has 0 spiro atoms. The van der Waals surface area contributed by atoms with E-state index >= 15 is 0 Å². The normalized spacial score (nSPS) is 12.2. The maximum absolute atomic E-state index is 11.9. The molecule has 0 fully saturated rings. The Morgan fingerprint density at radius 1 is 1.45 bits per heavy atom. The number of rotatable bonds is 5. The number of benzene rings is 1. The Bertz CT molecular complexity index is 581. The second-order valence-electron chi connectivity index (χ2n) is 4.45. The van der Waals surface area contributed by atoms with Gasteiger partial charge in [0, 0.05) is 11.6 Å². The molecule has 1 atom stereocenters. The largest absolute Gasteiger partial charge is 0.348 e. The first-order valence-electron chi connectivity index (χ1n) is 6.22. The molecule has 1 unspecified atom stereocenters. The van der Waals surface area contributed by atoms with Crippen LogP contribution in [0.25, 0.3) is 0 Å². The van der Waals surface area contributed by atoms with Crippen molar-refractivity contribution in [3.63, 3.8) is 0 Å². The van der Waals surface area contributed by atoms with Gasteiger partial charge in [0.15, 0.2) is 0 Å². The van der Waals surface area contributed by atoms with Crippen LogP contribution in [0.2, 0.25) is 5.02 Å². The molecule has 0 aliphatic carbocycles. The van der Waals surface area contributed by atoms with E-state index in [1.807, 2.05) is 19.1 Å². The van der Waals surface area contributed by atoms with Crippen molar-refractivity contribution in [2.75, 3.05) is 0 Å². The molecule has 2 aromatic rings. The van der Waals surface area contributed by atoms with Crippen LogP contribution in [-0.4, -0.2) is 20.9 Å². The van der Waals surface area contributed by atoms with Gasteiger partial charge in [-0.1, -0.05) is 28.9 Å². The zero-order valence-electron chi connectivity index (χ0n) is 11.1. The van der Waals surface area contributed by atoms with Crippen LogP contribution in [-0.2, 0) is 17.9 Å². The fraction of sp³-hybridized carbons (Fsp3) is 0.308. The molecule has 1 amide bonds. The molecule has 0 saturated carbocycles. The lowest BCUT2D eigenvalue weighted by Crippen LogP contribution is -2.30. The number of carbonyl (C=O) groups is 1. The average molecular weight is 294 g/mol. The van der Waals surface area contributed by atoms with Gasteiger partial charge in [-0.05, 0) is 24.6 Å². The highest BCUT2D eigenvalue weighted by Crippen LogP contribution is 2.15. The molecule has 3 N–H and O–H groups in total. The monoisotopic (exact) mass is 293 g/mol. The maximum Gasteiger partial charge on any atom is 0.242 e. The first-order valence-corrected chi connectivity index (χ1v) is 6.60. The summed E-state index contributed by atoms with van der Waals surface area (Å²) < 4.78 is 1.46. The number of hydrogen-bond donors (Lipinski definition) is 2. The van der Waals surface area contributed by atoms with Crippen LogP contribution in [0.3, 0.4) is 0 Å². The number of carbonyl (C=O) groups excluding carboxylic acids is 1. The van der Waals surface area contributed by atoms with Crippen LogP contribution in [0.5, 0.6) is 0 Å². The fourth-order valence-electron chi connectivity index (χ4n) is 1.78. The van der Waals surface area contributed by atoms with Gasteiger partial charge in [0.05, 0.1) is 17.9 Å². The van der Waals surface area contributed by atoms with Crippen molar-refractivity contribution in [2.24, 2.45) is 5.73 Å². The Labute approximate surface area is 121 Å². The predicted molar refractivity (Wildman–Crippen MR) is 75.9 cm³/mol. The molecule has 106 valence electrons. The molecule has 1 aromatic heterocycles. The van der Waals surface area contributed by atoms with E-state index in [2.05, 4.69) is 15.6 Å². The number of nitrogens with two attached hydrogens (primary N) is 1. The standard InChI is InChI=1S/C13H16ClN5O/c1-9(10-2-4-11(14)5-3-10)16-13(20)8-19-7-12(6-15)17-18-19/h2-5,7,9H,6,8,15H2,1H3,(H,16,20). The van der Waals surface area contributed by atoms with Gasteiger partial charge in [0.25, 0.3) is 0 Å². The Morgan fingerprint density at radius 2 is 2.15 bits per heavy atom. The van der Waals surface area contributed by atoms with E-state index in [4.69, 9.17) is 17.3 Å². The number of nitrogens with one attached hydrogen (secondary N) is 1. The topological polar surface area (TPSA) is 85.8 Å². The zero-order chi connectivity index (χ0) is 14.5.